The summed E-state index contributed by atoms with van der Waals surface area (Å²) in [6, 6.07) is 2.26. The molecule has 0 aliphatic carbocycles. The maximum absolute atomic E-state index is 4.53. The first-order chi connectivity index (χ1) is 6.89. The molecule has 2 rings (SSSR count). The Morgan fingerprint density at radius 3 is 2.53 bits per heavy atom. The number of nitrogens with zero attached hydrogens (tertiary/aromatic N) is 2. The van der Waals surface area contributed by atoms with Gasteiger partial charge in [0.1, 0.15) is 5.65 Å². The molecule has 0 saturated heterocycles. The van der Waals surface area contributed by atoms with Crippen molar-refractivity contribution in [3.05, 3.63) is 29.6 Å². The molecule has 2 nitrogen and oxygen atoms in total. The quantitative estimate of drug-likeness (QED) is 0.641. The fraction of sp³-hybridized carbons (Fsp3) is 0.462. The molecule has 0 atom stereocenters. The highest BCUT2D eigenvalue weighted by atomic mass is 15.0. The SMILES string of the molecule is Cc1cn(C)c2ncc(C(C)(C)C)cc12. The van der Waals surface area contributed by atoms with Gasteiger partial charge in [-0.15, -0.1) is 0 Å². The van der Waals surface area contributed by atoms with Crippen molar-refractivity contribution in [2.75, 3.05) is 0 Å². The third-order valence-electron chi connectivity index (χ3n) is 2.88. The van der Waals surface area contributed by atoms with E-state index < -0.39 is 0 Å². The van der Waals surface area contributed by atoms with Gasteiger partial charge in [0, 0.05) is 24.8 Å². The van der Waals surface area contributed by atoms with Crippen molar-refractivity contribution in [1.82, 2.24) is 9.55 Å². The number of hydrogen-bond acceptors (Lipinski definition) is 1. The smallest absolute Gasteiger partial charge is 0.139 e. The minimum absolute atomic E-state index is 0.170. The lowest BCUT2D eigenvalue weighted by atomic mass is 9.88. The maximum atomic E-state index is 4.53. The summed E-state index contributed by atoms with van der Waals surface area (Å²) >= 11 is 0. The van der Waals surface area contributed by atoms with Crippen molar-refractivity contribution in [2.45, 2.75) is 33.1 Å². The number of aryl methyl sites for hydroxylation is 2. The molecule has 0 aromatic carbocycles. The van der Waals surface area contributed by atoms with Crippen LogP contribution in [0.15, 0.2) is 18.5 Å². The van der Waals surface area contributed by atoms with Crippen LogP contribution in [0.2, 0.25) is 0 Å². The lowest BCUT2D eigenvalue weighted by Gasteiger charge is -2.18. The van der Waals surface area contributed by atoms with E-state index in [2.05, 4.69) is 49.5 Å². The van der Waals surface area contributed by atoms with Crippen LogP contribution in [0.4, 0.5) is 0 Å². The molecule has 0 spiro atoms. The predicted molar refractivity (Wildman–Crippen MR) is 64.2 cm³/mol. The molecule has 0 N–H and O–H groups in total. The molecule has 0 saturated carbocycles. The van der Waals surface area contributed by atoms with Gasteiger partial charge >= 0.3 is 0 Å². The maximum Gasteiger partial charge on any atom is 0.139 e. The highest BCUT2D eigenvalue weighted by Gasteiger charge is 2.15. The molecule has 0 amide bonds. The van der Waals surface area contributed by atoms with Crippen LogP contribution in [-0.2, 0) is 12.5 Å². The Morgan fingerprint density at radius 2 is 1.93 bits per heavy atom. The molecule has 0 bridgehead atoms. The molecule has 2 aromatic heterocycles. The zero-order chi connectivity index (χ0) is 11.2. The summed E-state index contributed by atoms with van der Waals surface area (Å²) in [5, 5.41) is 1.27. The van der Waals surface area contributed by atoms with Crippen molar-refractivity contribution in [1.29, 1.82) is 0 Å². The zero-order valence-corrected chi connectivity index (χ0v) is 10.1. The van der Waals surface area contributed by atoms with E-state index in [1.165, 1.54) is 16.5 Å². The van der Waals surface area contributed by atoms with Crippen molar-refractivity contribution >= 4 is 11.0 Å². The Morgan fingerprint density at radius 1 is 1.27 bits per heavy atom. The van der Waals surface area contributed by atoms with Gasteiger partial charge in [-0.25, -0.2) is 4.98 Å². The molecule has 80 valence electrons. The monoisotopic (exact) mass is 202 g/mol. The fourth-order valence-electron chi connectivity index (χ4n) is 1.86. The van der Waals surface area contributed by atoms with Gasteiger partial charge in [0.25, 0.3) is 0 Å². The van der Waals surface area contributed by atoms with Gasteiger partial charge in [-0.2, -0.15) is 0 Å². The second-order valence-corrected chi connectivity index (χ2v) is 5.27. The summed E-state index contributed by atoms with van der Waals surface area (Å²) in [6.45, 7) is 8.78. The molecular weight excluding hydrogens is 184 g/mol. The van der Waals surface area contributed by atoms with E-state index in [0.29, 0.717) is 0 Å². The Bertz CT molecular complexity index is 501. The van der Waals surface area contributed by atoms with Crippen molar-refractivity contribution in [3.8, 4) is 0 Å². The van der Waals surface area contributed by atoms with Gasteiger partial charge in [-0.1, -0.05) is 20.8 Å². The van der Waals surface area contributed by atoms with Crippen LogP contribution in [0, 0.1) is 6.92 Å². The highest BCUT2D eigenvalue weighted by Crippen LogP contribution is 2.26. The standard InChI is InChI=1S/C13H18N2/c1-9-8-15(5)12-11(9)6-10(7-14-12)13(2,3)4/h6-8H,1-5H3. The van der Waals surface area contributed by atoms with Crippen LogP contribution >= 0.6 is 0 Å². The van der Waals surface area contributed by atoms with Gasteiger partial charge in [0.05, 0.1) is 0 Å². The Hall–Kier alpha value is -1.31. The molecule has 0 radical (unpaired) electrons. The zero-order valence-electron chi connectivity index (χ0n) is 10.1. The summed E-state index contributed by atoms with van der Waals surface area (Å²) in [6.07, 6.45) is 4.12. The topological polar surface area (TPSA) is 17.8 Å². The van der Waals surface area contributed by atoms with Crippen molar-refractivity contribution in [2.24, 2.45) is 7.05 Å². The van der Waals surface area contributed by atoms with E-state index >= 15 is 0 Å². The Balaban J connectivity index is 2.71. The van der Waals surface area contributed by atoms with E-state index in [0.717, 1.165) is 5.65 Å². The van der Waals surface area contributed by atoms with E-state index in [9.17, 15) is 0 Å². The molecule has 15 heavy (non-hydrogen) atoms. The minimum Gasteiger partial charge on any atom is -0.335 e. The van der Waals surface area contributed by atoms with Gasteiger partial charge in [-0.3, -0.25) is 0 Å². The van der Waals surface area contributed by atoms with Crippen LogP contribution in [-0.4, -0.2) is 9.55 Å². The summed E-state index contributed by atoms with van der Waals surface area (Å²) in [7, 11) is 2.04. The van der Waals surface area contributed by atoms with Crippen LogP contribution < -0.4 is 0 Å². The van der Waals surface area contributed by atoms with Crippen molar-refractivity contribution in [3.63, 3.8) is 0 Å². The first-order valence-corrected chi connectivity index (χ1v) is 5.32. The average Bonchev–Trinajstić information content (AvgIpc) is 2.41. The second kappa shape index (κ2) is 3.09. The van der Waals surface area contributed by atoms with Gasteiger partial charge in [-0.05, 0) is 29.5 Å². The van der Waals surface area contributed by atoms with E-state index in [1.54, 1.807) is 0 Å². The third-order valence-corrected chi connectivity index (χ3v) is 2.88. The highest BCUT2D eigenvalue weighted by molar-refractivity contribution is 5.80. The number of rotatable bonds is 0. The van der Waals surface area contributed by atoms with Crippen LogP contribution in [0.1, 0.15) is 31.9 Å². The summed E-state index contributed by atoms with van der Waals surface area (Å²) in [5.74, 6) is 0. The van der Waals surface area contributed by atoms with Gasteiger partial charge in [0.2, 0.25) is 0 Å². The number of hydrogen-bond donors (Lipinski definition) is 0. The molecule has 0 aliphatic heterocycles. The largest absolute Gasteiger partial charge is 0.335 e. The Labute approximate surface area is 90.9 Å². The molecular formula is C13H18N2. The van der Waals surface area contributed by atoms with E-state index in [1.807, 2.05) is 13.2 Å². The van der Waals surface area contributed by atoms with E-state index in [-0.39, 0.29) is 5.41 Å². The lowest BCUT2D eigenvalue weighted by Crippen LogP contribution is -2.11. The van der Waals surface area contributed by atoms with Gasteiger partial charge < -0.3 is 4.57 Å². The average molecular weight is 202 g/mol. The fourth-order valence-corrected chi connectivity index (χ4v) is 1.86. The predicted octanol–water partition coefficient (Wildman–Crippen LogP) is 3.18. The molecule has 2 aromatic rings. The van der Waals surface area contributed by atoms with Crippen molar-refractivity contribution < 1.29 is 0 Å². The summed E-state index contributed by atoms with van der Waals surface area (Å²) in [5.41, 5.74) is 3.83. The molecule has 0 unspecified atom stereocenters. The summed E-state index contributed by atoms with van der Waals surface area (Å²) in [4.78, 5) is 4.53. The molecule has 2 heterocycles. The van der Waals surface area contributed by atoms with Crippen LogP contribution in [0.5, 0.6) is 0 Å². The lowest BCUT2D eigenvalue weighted by molar-refractivity contribution is 0.588. The first kappa shape index (κ1) is 10.2. The molecule has 0 fully saturated rings. The number of pyridine rings is 1. The van der Waals surface area contributed by atoms with E-state index in [4.69, 9.17) is 0 Å². The second-order valence-electron chi connectivity index (χ2n) is 5.27. The minimum atomic E-state index is 0.170. The number of fused-ring (bicyclic) bond motifs is 1. The normalized spacial score (nSPS) is 12.3. The van der Waals surface area contributed by atoms with Gasteiger partial charge in [0.15, 0.2) is 0 Å². The molecule has 0 aliphatic rings. The van der Waals surface area contributed by atoms with Crippen LogP contribution in [0.25, 0.3) is 11.0 Å². The number of aromatic nitrogens is 2. The summed E-state index contributed by atoms with van der Waals surface area (Å²) < 4.78 is 2.08. The van der Waals surface area contributed by atoms with Crippen LogP contribution in [0.3, 0.4) is 0 Å². The molecule has 2 heteroatoms. The third kappa shape index (κ3) is 1.65. The Kier molecular flexibility index (Phi) is 2.10. The first-order valence-electron chi connectivity index (χ1n) is 5.32.